The summed E-state index contributed by atoms with van der Waals surface area (Å²) in [6.45, 7) is 3.67. The first-order valence-corrected chi connectivity index (χ1v) is 9.10. The Balaban J connectivity index is 1.52. The Morgan fingerprint density at radius 2 is 2.04 bits per heavy atom. The highest BCUT2D eigenvalue weighted by atomic mass is 16.5. The fourth-order valence-electron chi connectivity index (χ4n) is 3.85. The van der Waals surface area contributed by atoms with Crippen molar-refractivity contribution in [2.24, 2.45) is 7.05 Å². The Morgan fingerprint density at radius 1 is 1.22 bits per heavy atom. The second-order valence-corrected chi connectivity index (χ2v) is 6.96. The number of aromatic nitrogens is 4. The summed E-state index contributed by atoms with van der Waals surface area (Å²) in [5.41, 5.74) is 7.88. The first-order valence-electron chi connectivity index (χ1n) is 9.10. The molecule has 0 spiro atoms. The Labute approximate surface area is 158 Å². The molecule has 3 atom stereocenters. The van der Waals surface area contributed by atoms with Gasteiger partial charge < -0.3 is 25.3 Å². The standard InChI is InChI=1S/C19H25N7O/c1-12(18-23-13-6-4-5-7-15(13)25(18)2)22-14-10-26(11-16(14)27-3)17-8-9-21-19(20)24-17/h4-9,12,14,16,22H,10-11H2,1-3H3,(H2,20,21,24)/t12?,14-,16+/m0/s1. The fraction of sp³-hybridized carbons (Fsp3) is 0.421. The van der Waals surface area contributed by atoms with Gasteiger partial charge in [-0.2, -0.15) is 4.98 Å². The number of hydrogen-bond acceptors (Lipinski definition) is 7. The van der Waals surface area contributed by atoms with E-state index in [9.17, 15) is 0 Å². The SMILES string of the molecule is CO[C@@H]1CN(c2ccnc(N)n2)C[C@@H]1NC(C)c1nc2ccccc2n1C. The zero-order valence-electron chi connectivity index (χ0n) is 15.8. The van der Waals surface area contributed by atoms with Crippen LogP contribution in [0.5, 0.6) is 0 Å². The lowest BCUT2D eigenvalue weighted by atomic mass is 10.2. The van der Waals surface area contributed by atoms with Crippen LogP contribution in [0.3, 0.4) is 0 Å². The molecule has 0 bridgehead atoms. The number of rotatable bonds is 5. The first-order chi connectivity index (χ1) is 13.1. The van der Waals surface area contributed by atoms with Gasteiger partial charge in [-0.25, -0.2) is 9.97 Å². The number of imidazole rings is 1. The molecule has 1 aromatic carbocycles. The third kappa shape index (κ3) is 3.33. The van der Waals surface area contributed by atoms with Crippen molar-refractivity contribution in [1.82, 2.24) is 24.8 Å². The van der Waals surface area contributed by atoms with Gasteiger partial charge >= 0.3 is 0 Å². The Bertz CT molecular complexity index is 941. The quantitative estimate of drug-likeness (QED) is 0.706. The molecule has 27 heavy (non-hydrogen) atoms. The maximum atomic E-state index is 5.73. The van der Waals surface area contributed by atoms with E-state index in [2.05, 4.69) is 44.8 Å². The fourth-order valence-corrected chi connectivity index (χ4v) is 3.85. The molecule has 3 heterocycles. The second-order valence-electron chi connectivity index (χ2n) is 6.96. The molecular weight excluding hydrogens is 342 g/mol. The molecule has 142 valence electrons. The van der Waals surface area contributed by atoms with Gasteiger partial charge in [0, 0.05) is 33.4 Å². The van der Waals surface area contributed by atoms with Gasteiger partial charge in [0.15, 0.2) is 0 Å². The van der Waals surface area contributed by atoms with Crippen molar-refractivity contribution in [3.05, 3.63) is 42.4 Å². The van der Waals surface area contributed by atoms with Crippen LogP contribution in [-0.4, -0.2) is 51.9 Å². The molecule has 2 aromatic heterocycles. The second kappa shape index (κ2) is 7.13. The number of ether oxygens (including phenoxy) is 1. The number of anilines is 2. The molecule has 1 saturated heterocycles. The molecule has 3 aromatic rings. The Morgan fingerprint density at radius 3 is 2.78 bits per heavy atom. The molecule has 0 amide bonds. The highest BCUT2D eigenvalue weighted by Crippen LogP contribution is 2.24. The number of benzene rings is 1. The minimum atomic E-state index is 0.0540. The normalized spacial score (nSPS) is 21.1. The van der Waals surface area contributed by atoms with Gasteiger partial charge in [0.2, 0.25) is 5.95 Å². The molecule has 8 nitrogen and oxygen atoms in total. The summed E-state index contributed by atoms with van der Waals surface area (Å²) in [7, 11) is 3.80. The number of nitrogens with two attached hydrogens (primary N) is 1. The van der Waals surface area contributed by atoms with E-state index in [1.54, 1.807) is 13.3 Å². The van der Waals surface area contributed by atoms with Crippen LogP contribution in [0.25, 0.3) is 11.0 Å². The van der Waals surface area contributed by atoms with Crippen LogP contribution >= 0.6 is 0 Å². The molecule has 0 saturated carbocycles. The molecule has 3 N–H and O–H groups in total. The minimum Gasteiger partial charge on any atom is -0.378 e. The highest BCUT2D eigenvalue weighted by molar-refractivity contribution is 5.75. The van der Waals surface area contributed by atoms with Crippen molar-refractivity contribution in [2.45, 2.75) is 25.1 Å². The van der Waals surface area contributed by atoms with Crippen LogP contribution in [0.1, 0.15) is 18.8 Å². The van der Waals surface area contributed by atoms with E-state index in [1.165, 1.54) is 0 Å². The topological polar surface area (TPSA) is 94.1 Å². The molecule has 1 aliphatic heterocycles. The van der Waals surface area contributed by atoms with Crippen LogP contribution < -0.4 is 16.0 Å². The van der Waals surface area contributed by atoms with Crippen molar-refractivity contribution < 1.29 is 4.74 Å². The molecule has 8 heteroatoms. The van der Waals surface area contributed by atoms with E-state index in [0.717, 1.165) is 35.8 Å². The average Bonchev–Trinajstić information content (AvgIpc) is 3.23. The number of nitrogen functional groups attached to an aromatic ring is 1. The van der Waals surface area contributed by atoms with Crippen molar-refractivity contribution >= 4 is 22.8 Å². The van der Waals surface area contributed by atoms with E-state index >= 15 is 0 Å². The van der Waals surface area contributed by atoms with Crippen molar-refractivity contribution in [2.75, 3.05) is 30.8 Å². The van der Waals surface area contributed by atoms with Crippen LogP contribution in [0.2, 0.25) is 0 Å². The van der Waals surface area contributed by atoms with Gasteiger partial charge in [-0.1, -0.05) is 12.1 Å². The van der Waals surface area contributed by atoms with E-state index in [4.69, 9.17) is 15.5 Å². The highest BCUT2D eigenvalue weighted by Gasteiger charge is 2.35. The van der Waals surface area contributed by atoms with E-state index in [1.807, 2.05) is 24.3 Å². The van der Waals surface area contributed by atoms with Crippen molar-refractivity contribution in [3.8, 4) is 0 Å². The van der Waals surface area contributed by atoms with Crippen molar-refractivity contribution in [1.29, 1.82) is 0 Å². The lowest BCUT2D eigenvalue weighted by Crippen LogP contribution is -2.42. The van der Waals surface area contributed by atoms with Gasteiger partial charge in [0.05, 0.1) is 29.2 Å². The van der Waals surface area contributed by atoms with E-state index < -0.39 is 0 Å². The number of hydrogen-bond donors (Lipinski definition) is 2. The van der Waals surface area contributed by atoms with Crippen LogP contribution in [0, 0.1) is 0 Å². The van der Waals surface area contributed by atoms with E-state index in [0.29, 0.717) is 0 Å². The van der Waals surface area contributed by atoms with Gasteiger partial charge in [-0.05, 0) is 25.1 Å². The zero-order valence-corrected chi connectivity index (χ0v) is 15.8. The zero-order chi connectivity index (χ0) is 19.0. The number of aryl methyl sites for hydroxylation is 1. The molecule has 0 aliphatic carbocycles. The summed E-state index contributed by atoms with van der Waals surface area (Å²) in [6, 6.07) is 10.3. The first kappa shape index (κ1) is 17.7. The molecule has 1 fully saturated rings. The van der Waals surface area contributed by atoms with Crippen LogP contribution in [0.4, 0.5) is 11.8 Å². The minimum absolute atomic E-state index is 0.0540. The van der Waals surface area contributed by atoms with Gasteiger partial charge in [-0.15, -0.1) is 0 Å². The lowest BCUT2D eigenvalue weighted by Gasteiger charge is -2.23. The molecule has 0 radical (unpaired) electrons. The number of nitrogens with zero attached hydrogens (tertiary/aromatic N) is 5. The van der Waals surface area contributed by atoms with Gasteiger partial charge in [0.25, 0.3) is 0 Å². The maximum Gasteiger partial charge on any atom is 0.221 e. The third-order valence-corrected chi connectivity index (χ3v) is 5.23. The predicted molar refractivity (Wildman–Crippen MR) is 106 cm³/mol. The predicted octanol–water partition coefficient (Wildman–Crippen LogP) is 1.50. The largest absolute Gasteiger partial charge is 0.378 e. The average molecular weight is 367 g/mol. The maximum absolute atomic E-state index is 5.73. The van der Waals surface area contributed by atoms with Crippen LogP contribution in [-0.2, 0) is 11.8 Å². The van der Waals surface area contributed by atoms with Crippen molar-refractivity contribution in [3.63, 3.8) is 0 Å². The summed E-state index contributed by atoms with van der Waals surface area (Å²) >= 11 is 0. The summed E-state index contributed by atoms with van der Waals surface area (Å²) in [4.78, 5) is 15.3. The molecule has 1 aliphatic rings. The number of para-hydroxylation sites is 2. The van der Waals surface area contributed by atoms with Gasteiger partial charge in [0.1, 0.15) is 11.6 Å². The Hall–Kier alpha value is -2.71. The molecule has 1 unspecified atom stereocenters. The number of nitrogens with one attached hydrogen (secondary N) is 1. The summed E-state index contributed by atoms with van der Waals surface area (Å²) < 4.78 is 7.87. The van der Waals surface area contributed by atoms with Gasteiger partial charge in [-0.3, -0.25) is 0 Å². The van der Waals surface area contributed by atoms with Crippen LogP contribution in [0.15, 0.2) is 36.5 Å². The summed E-state index contributed by atoms with van der Waals surface area (Å²) in [5.74, 6) is 2.12. The summed E-state index contributed by atoms with van der Waals surface area (Å²) in [6.07, 6.45) is 1.74. The van der Waals surface area contributed by atoms with E-state index in [-0.39, 0.29) is 24.1 Å². The lowest BCUT2D eigenvalue weighted by molar-refractivity contribution is 0.0934. The summed E-state index contributed by atoms with van der Waals surface area (Å²) in [5, 5.41) is 3.69. The third-order valence-electron chi connectivity index (χ3n) is 5.23. The molecule has 4 rings (SSSR count). The smallest absolute Gasteiger partial charge is 0.221 e. The number of methoxy groups -OCH3 is 1. The molecular formula is C19H25N7O. The monoisotopic (exact) mass is 367 g/mol. The Kier molecular flexibility index (Phi) is 4.67. The number of fused-ring (bicyclic) bond motifs is 1.